The summed E-state index contributed by atoms with van der Waals surface area (Å²) in [6.45, 7) is 2.06. The fourth-order valence-corrected chi connectivity index (χ4v) is 2.21. The van der Waals surface area contributed by atoms with Crippen molar-refractivity contribution in [1.82, 2.24) is 0 Å². The van der Waals surface area contributed by atoms with Crippen LogP contribution < -0.4 is 10.6 Å². The highest BCUT2D eigenvalue weighted by atomic mass is 16.5. The van der Waals surface area contributed by atoms with Gasteiger partial charge in [0.05, 0.1) is 12.7 Å². The summed E-state index contributed by atoms with van der Waals surface area (Å²) in [6.07, 6.45) is 2.43. The second-order valence-electron chi connectivity index (χ2n) is 5.43. The molecule has 0 spiro atoms. The summed E-state index contributed by atoms with van der Waals surface area (Å²) < 4.78 is 4.72. The van der Waals surface area contributed by atoms with Crippen LogP contribution in [0, 0.1) is 0 Å². The van der Waals surface area contributed by atoms with Gasteiger partial charge in [-0.3, -0.25) is 4.79 Å². The molecule has 126 valence electrons. The summed E-state index contributed by atoms with van der Waals surface area (Å²) in [5, 5.41) is 6.09. The van der Waals surface area contributed by atoms with Crippen molar-refractivity contribution in [2.24, 2.45) is 0 Å². The fraction of sp³-hybridized carbons (Fsp3) is 0.263. The lowest BCUT2D eigenvalue weighted by atomic mass is 10.2. The van der Waals surface area contributed by atoms with Crippen molar-refractivity contribution in [1.29, 1.82) is 0 Å². The molecule has 1 amide bonds. The van der Waals surface area contributed by atoms with Gasteiger partial charge in [-0.15, -0.1) is 0 Å². The minimum Gasteiger partial charge on any atom is -0.465 e. The number of amides is 1. The quantitative estimate of drug-likeness (QED) is 0.743. The minimum atomic E-state index is -0.371. The third-order valence-corrected chi connectivity index (χ3v) is 3.50. The van der Waals surface area contributed by atoms with Crippen molar-refractivity contribution >= 4 is 28.9 Å². The first kappa shape index (κ1) is 17.5. The number of nitrogens with one attached hydrogen (secondary N) is 2. The summed E-state index contributed by atoms with van der Waals surface area (Å²) in [7, 11) is 1.36. The van der Waals surface area contributed by atoms with Gasteiger partial charge in [0.15, 0.2) is 0 Å². The summed E-state index contributed by atoms with van der Waals surface area (Å²) in [5.41, 5.74) is 2.91. The van der Waals surface area contributed by atoms with Crippen LogP contribution in [0.2, 0.25) is 0 Å². The standard InChI is InChI=1S/C19H22N2O3/c1-3-4-8-18(22)21-16-11-9-15(10-12-16)20-17-7-5-6-14(13-17)19(23)24-2/h5-7,9-13,20H,3-4,8H2,1-2H3,(H,21,22). The molecule has 0 atom stereocenters. The van der Waals surface area contributed by atoms with Crippen LogP contribution in [-0.2, 0) is 9.53 Å². The predicted octanol–water partition coefficient (Wildman–Crippen LogP) is 4.35. The van der Waals surface area contributed by atoms with Gasteiger partial charge in [-0.05, 0) is 48.9 Å². The van der Waals surface area contributed by atoms with Gasteiger partial charge in [-0.25, -0.2) is 4.79 Å². The van der Waals surface area contributed by atoms with E-state index in [1.165, 1.54) is 7.11 Å². The molecule has 0 aliphatic rings. The Bertz CT molecular complexity index is 696. The second-order valence-corrected chi connectivity index (χ2v) is 5.43. The minimum absolute atomic E-state index is 0.0309. The molecule has 0 aliphatic carbocycles. The van der Waals surface area contributed by atoms with Crippen molar-refractivity contribution in [2.75, 3.05) is 17.7 Å². The van der Waals surface area contributed by atoms with Crippen LogP contribution in [-0.4, -0.2) is 19.0 Å². The zero-order chi connectivity index (χ0) is 17.4. The van der Waals surface area contributed by atoms with Crippen molar-refractivity contribution in [3.05, 3.63) is 54.1 Å². The molecule has 5 heteroatoms. The van der Waals surface area contributed by atoms with E-state index < -0.39 is 0 Å². The van der Waals surface area contributed by atoms with Gasteiger partial charge in [0.25, 0.3) is 0 Å². The van der Waals surface area contributed by atoms with E-state index in [0.717, 1.165) is 29.9 Å². The van der Waals surface area contributed by atoms with Gasteiger partial charge in [0.2, 0.25) is 5.91 Å². The molecule has 0 saturated carbocycles. The zero-order valence-electron chi connectivity index (χ0n) is 14.0. The summed E-state index contributed by atoms with van der Waals surface area (Å²) >= 11 is 0. The number of carbonyl (C=O) groups excluding carboxylic acids is 2. The first-order valence-electron chi connectivity index (χ1n) is 7.97. The highest BCUT2D eigenvalue weighted by Crippen LogP contribution is 2.20. The number of carbonyl (C=O) groups is 2. The van der Waals surface area contributed by atoms with E-state index >= 15 is 0 Å². The predicted molar refractivity (Wildman–Crippen MR) is 95.7 cm³/mol. The molecule has 2 N–H and O–H groups in total. The highest BCUT2D eigenvalue weighted by Gasteiger charge is 2.06. The number of hydrogen-bond acceptors (Lipinski definition) is 4. The van der Waals surface area contributed by atoms with Gasteiger partial charge in [0, 0.05) is 23.5 Å². The van der Waals surface area contributed by atoms with E-state index in [-0.39, 0.29) is 11.9 Å². The van der Waals surface area contributed by atoms with Crippen molar-refractivity contribution in [2.45, 2.75) is 26.2 Å². The average molecular weight is 326 g/mol. The third kappa shape index (κ3) is 5.12. The molecular formula is C19H22N2O3. The molecule has 0 unspecified atom stereocenters. The first-order chi connectivity index (χ1) is 11.6. The molecule has 2 aromatic rings. The maximum absolute atomic E-state index is 11.7. The van der Waals surface area contributed by atoms with Crippen molar-refractivity contribution in [3.63, 3.8) is 0 Å². The Morgan fingerprint density at radius 2 is 1.71 bits per heavy atom. The Morgan fingerprint density at radius 1 is 1.00 bits per heavy atom. The highest BCUT2D eigenvalue weighted by molar-refractivity contribution is 5.91. The maximum atomic E-state index is 11.7. The fourth-order valence-electron chi connectivity index (χ4n) is 2.21. The molecule has 0 radical (unpaired) electrons. The average Bonchev–Trinajstić information content (AvgIpc) is 2.61. The molecule has 2 aromatic carbocycles. The van der Waals surface area contributed by atoms with Crippen molar-refractivity contribution in [3.8, 4) is 0 Å². The molecule has 0 aliphatic heterocycles. The van der Waals surface area contributed by atoms with E-state index in [9.17, 15) is 9.59 Å². The molecular weight excluding hydrogens is 304 g/mol. The van der Waals surface area contributed by atoms with Crippen molar-refractivity contribution < 1.29 is 14.3 Å². The monoisotopic (exact) mass is 326 g/mol. The molecule has 24 heavy (non-hydrogen) atoms. The Hall–Kier alpha value is -2.82. The second kappa shape index (κ2) is 8.72. The van der Waals surface area contributed by atoms with Crippen LogP contribution in [0.15, 0.2) is 48.5 Å². The third-order valence-electron chi connectivity index (χ3n) is 3.50. The van der Waals surface area contributed by atoms with Crippen LogP contribution in [0.1, 0.15) is 36.5 Å². The lowest BCUT2D eigenvalue weighted by Crippen LogP contribution is -2.10. The lowest BCUT2D eigenvalue weighted by Gasteiger charge is -2.09. The summed E-state index contributed by atoms with van der Waals surface area (Å²) in [5.74, 6) is -0.341. The van der Waals surface area contributed by atoms with Crippen LogP contribution >= 0.6 is 0 Å². The summed E-state index contributed by atoms with van der Waals surface area (Å²) in [4.78, 5) is 23.3. The van der Waals surface area contributed by atoms with Gasteiger partial charge in [0.1, 0.15) is 0 Å². The number of anilines is 3. The maximum Gasteiger partial charge on any atom is 0.337 e. The largest absolute Gasteiger partial charge is 0.465 e. The van der Waals surface area contributed by atoms with Crippen LogP contribution in [0.5, 0.6) is 0 Å². The van der Waals surface area contributed by atoms with E-state index in [1.807, 2.05) is 30.3 Å². The topological polar surface area (TPSA) is 67.4 Å². The lowest BCUT2D eigenvalue weighted by molar-refractivity contribution is -0.116. The molecule has 0 saturated heterocycles. The molecule has 0 bridgehead atoms. The smallest absolute Gasteiger partial charge is 0.337 e. The van der Waals surface area contributed by atoms with Gasteiger partial charge in [-0.1, -0.05) is 19.4 Å². The normalized spacial score (nSPS) is 10.1. The van der Waals surface area contributed by atoms with E-state index in [2.05, 4.69) is 17.6 Å². The SMILES string of the molecule is CCCCC(=O)Nc1ccc(Nc2cccc(C(=O)OC)c2)cc1. The Balaban J connectivity index is 1.99. The number of ether oxygens (including phenoxy) is 1. The molecule has 0 heterocycles. The molecule has 2 rings (SSSR count). The van der Waals surface area contributed by atoms with Gasteiger partial charge in [-0.2, -0.15) is 0 Å². The van der Waals surface area contributed by atoms with E-state index in [4.69, 9.17) is 4.74 Å². The Morgan fingerprint density at radius 3 is 2.38 bits per heavy atom. The first-order valence-corrected chi connectivity index (χ1v) is 7.97. The van der Waals surface area contributed by atoms with Crippen LogP contribution in [0.25, 0.3) is 0 Å². The number of benzene rings is 2. The van der Waals surface area contributed by atoms with E-state index in [1.54, 1.807) is 18.2 Å². The van der Waals surface area contributed by atoms with Crippen LogP contribution in [0.3, 0.4) is 0 Å². The molecule has 5 nitrogen and oxygen atoms in total. The number of methoxy groups -OCH3 is 1. The Kier molecular flexibility index (Phi) is 6.37. The summed E-state index contributed by atoms with van der Waals surface area (Å²) in [6, 6.07) is 14.5. The number of hydrogen-bond donors (Lipinski definition) is 2. The van der Waals surface area contributed by atoms with Gasteiger partial charge < -0.3 is 15.4 Å². The van der Waals surface area contributed by atoms with Gasteiger partial charge >= 0.3 is 5.97 Å². The molecule has 0 fully saturated rings. The number of rotatable bonds is 7. The van der Waals surface area contributed by atoms with E-state index in [0.29, 0.717) is 12.0 Å². The number of esters is 1. The molecule has 0 aromatic heterocycles. The number of unbranched alkanes of at least 4 members (excludes halogenated alkanes) is 1. The van der Waals surface area contributed by atoms with Crippen LogP contribution in [0.4, 0.5) is 17.1 Å². The Labute approximate surface area is 142 Å². The zero-order valence-corrected chi connectivity index (χ0v) is 14.0.